The summed E-state index contributed by atoms with van der Waals surface area (Å²) >= 11 is 0. The Labute approximate surface area is 165 Å². The fraction of sp³-hybridized carbons (Fsp3) is 0.524. The van der Waals surface area contributed by atoms with E-state index in [1.807, 2.05) is 45.9 Å². The molecule has 0 spiro atoms. The number of rotatable bonds is 4. The number of hydrogen-bond donors (Lipinski definition) is 0. The van der Waals surface area contributed by atoms with Crippen LogP contribution in [0.4, 0.5) is 10.5 Å². The van der Waals surface area contributed by atoms with Gasteiger partial charge in [0.25, 0.3) is 0 Å². The van der Waals surface area contributed by atoms with Gasteiger partial charge in [-0.1, -0.05) is 6.92 Å². The van der Waals surface area contributed by atoms with Crippen LogP contribution in [-0.4, -0.2) is 49.2 Å². The van der Waals surface area contributed by atoms with Crippen LogP contribution in [0.5, 0.6) is 11.5 Å². The minimum Gasteiger partial charge on any atom is -0.493 e. The van der Waals surface area contributed by atoms with Crippen LogP contribution in [0.1, 0.15) is 34.1 Å². The highest BCUT2D eigenvalue weighted by Gasteiger charge is 2.30. The number of carbonyl (C=O) groups is 2. The van der Waals surface area contributed by atoms with Crippen LogP contribution in [0.3, 0.4) is 0 Å². The Kier molecular flexibility index (Phi) is 5.54. The van der Waals surface area contributed by atoms with Crippen molar-refractivity contribution in [2.75, 3.05) is 31.6 Å². The molecule has 7 nitrogen and oxygen atoms in total. The molecule has 0 bridgehead atoms. The van der Waals surface area contributed by atoms with Crippen molar-refractivity contribution in [2.24, 2.45) is 5.92 Å². The van der Waals surface area contributed by atoms with E-state index in [2.05, 4.69) is 0 Å². The number of nitrogens with zero attached hydrogens (tertiary/aromatic N) is 2. The number of methoxy groups -OCH3 is 1. The van der Waals surface area contributed by atoms with Crippen LogP contribution in [0, 0.1) is 5.92 Å². The lowest BCUT2D eigenvalue weighted by Crippen LogP contribution is -2.35. The zero-order chi connectivity index (χ0) is 20.5. The molecule has 2 aliphatic heterocycles. The summed E-state index contributed by atoms with van der Waals surface area (Å²) < 4.78 is 16.8. The molecule has 2 heterocycles. The first kappa shape index (κ1) is 20.0. The lowest BCUT2D eigenvalue weighted by atomic mass is 10.1. The van der Waals surface area contributed by atoms with Gasteiger partial charge < -0.3 is 19.1 Å². The summed E-state index contributed by atoms with van der Waals surface area (Å²) in [6.45, 7) is 8.93. The van der Waals surface area contributed by atoms with Gasteiger partial charge in [-0.25, -0.2) is 4.79 Å². The van der Waals surface area contributed by atoms with Gasteiger partial charge in [-0.2, -0.15) is 0 Å². The van der Waals surface area contributed by atoms with Crippen LogP contribution in [0.25, 0.3) is 0 Å². The van der Waals surface area contributed by atoms with E-state index >= 15 is 0 Å². The predicted molar refractivity (Wildman–Crippen MR) is 106 cm³/mol. The fourth-order valence-corrected chi connectivity index (χ4v) is 3.20. The second-order valence-corrected chi connectivity index (χ2v) is 8.15. The van der Waals surface area contributed by atoms with Gasteiger partial charge in [-0.05, 0) is 45.4 Å². The van der Waals surface area contributed by atoms with Gasteiger partial charge >= 0.3 is 6.09 Å². The molecule has 1 unspecified atom stereocenters. The first-order chi connectivity index (χ1) is 13.2. The molecule has 1 saturated heterocycles. The van der Waals surface area contributed by atoms with E-state index in [1.165, 1.54) is 0 Å². The van der Waals surface area contributed by atoms with Gasteiger partial charge in [0, 0.05) is 30.8 Å². The number of amides is 2. The number of ether oxygens (including phenoxy) is 3. The molecule has 0 aliphatic carbocycles. The van der Waals surface area contributed by atoms with E-state index in [-0.39, 0.29) is 17.9 Å². The molecule has 3 rings (SSSR count). The van der Waals surface area contributed by atoms with Crippen LogP contribution in [0.15, 0.2) is 30.0 Å². The van der Waals surface area contributed by atoms with E-state index in [0.717, 1.165) is 12.1 Å². The molecule has 152 valence electrons. The molecule has 2 aliphatic rings. The van der Waals surface area contributed by atoms with Gasteiger partial charge in [0.1, 0.15) is 11.4 Å². The molecule has 0 aromatic heterocycles. The van der Waals surface area contributed by atoms with Gasteiger partial charge in [-0.15, -0.1) is 0 Å². The van der Waals surface area contributed by atoms with E-state index in [0.29, 0.717) is 36.9 Å². The Bertz CT molecular complexity index is 796. The molecule has 7 heteroatoms. The lowest BCUT2D eigenvalue weighted by Gasteiger charge is -2.24. The Morgan fingerprint density at radius 3 is 2.57 bits per heavy atom. The maximum absolute atomic E-state index is 12.3. The third-order valence-electron chi connectivity index (χ3n) is 4.71. The molecular weight excluding hydrogens is 360 g/mol. The van der Waals surface area contributed by atoms with Crippen LogP contribution in [-0.2, 0) is 9.53 Å². The van der Waals surface area contributed by atoms with E-state index in [9.17, 15) is 9.59 Å². The average molecular weight is 388 g/mol. The summed E-state index contributed by atoms with van der Waals surface area (Å²) in [4.78, 5) is 27.8. The van der Waals surface area contributed by atoms with Gasteiger partial charge in [0.2, 0.25) is 5.91 Å². The Hall–Kier alpha value is -2.70. The van der Waals surface area contributed by atoms with E-state index in [1.54, 1.807) is 23.0 Å². The summed E-state index contributed by atoms with van der Waals surface area (Å²) in [5.41, 5.74) is 0.263. The van der Waals surface area contributed by atoms with Crippen molar-refractivity contribution >= 4 is 17.7 Å². The smallest absolute Gasteiger partial charge is 0.410 e. The maximum atomic E-state index is 12.3. The summed E-state index contributed by atoms with van der Waals surface area (Å²) in [6.07, 6.45) is 2.33. The van der Waals surface area contributed by atoms with Crippen molar-refractivity contribution < 1.29 is 23.8 Å². The first-order valence-electron chi connectivity index (χ1n) is 9.52. The average Bonchev–Trinajstić information content (AvgIpc) is 3.22. The summed E-state index contributed by atoms with van der Waals surface area (Å²) in [7, 11) is 1.57. The van der Waals surface area contributed by atoms with Crippen molar-refractivity contribution in [1.82, 2.24) is 4.90 Å². The van der Waals surface area contributed by atoms with Crippen molar-refractivity contribution in [3.05, 3.63) is 30.0 Å². The SMILES string of the molecule is COc1cc(N2CCC(C)C2=O)ccc1OC1=CCN(C(=O)OC(C)(C)C)C1. The van der Waals surface area contributed by atoms with Crippen LogP contribution >= 0.6 is 0 Å². The predicted octanol–water partition coefficient (Wildman–Crippen LogP) is 3.58. The Morgan fingerprint density at radius 1 is 1.21 bits per heavy atom. The molecule has 0 saturated carbocycles. The van der Waals surface area contributed by atoms with Gasteiger partial charge in [0.15, 0.2) is 11.5 Å². The number of carbonyl (C=O) groups excluding carboxylic acids is 2. The molecule has 28 heavy (non-hydrogen) atoms. The summed E-state index contributed by atoms with van der Waals surface area (Å²) in [5.74, 6) is 1.92. The Morgan fingerprint density at radius 2 is 1.96 bits per heavy atom. The molecule has 1 atom stereocenters. The van der Waals surface area contributed by atoms with E-state index in [4.69, 9.17) is 14.2 Å². The second-order valence-electron chi connectivity index (χ2n) is 8.15. The molecule has 0 N–H and O–H groups in total. The minimum absolute atomic E-state index is 0.0457. The highest BCUT2D eigenvalue weighted by molar-refractivity contribution is 5.97. The second kappa shape index (κ2) is 7.73. The van der Waals surface area contributed by atoms with Crippen LogP contribution < -0.4 is 14.4 Å². The molecule has 0 radical (unpaired) electrons. The molecule has 1 fully saturated rings. The quantitative estimate of drug-likeness (QED) is 0.789. The molecule has 2 amide bonds. The van der Waals surface area contributed by atoms with Crippen molar-refractivity contribution in [2.45, 2.75) is 39.7 Å². The number of benzene rings is 1. The monoisotopic (exact) mass is 388 g/mol. The molecule has 1 aromatic rings. The van der Waals surface area contributed by atoms with Crippen molar-refractivity contribution in [3.63, 3.8) is 0 Å². The highest BCUT2D eigenvalue weighted by atomic mass is 16.6. The largest absolute Gasteiger partial charge is 0.493 e. The Balaban J connectivity index is 1.66. The normalized spacial score (nSPS) is 19.7. The standard InChI is InChI=1S/C21H28N2O5/c1-14-8-11-23(19(14)24)15-6-7-17(18(12-15)26-5)27-16-9-10-22(13-16)20(25)28-21(2,3)4/h6-7,9,12,14H,8,10-11,13H2,1-5H3. The third-order valence-corrected chi connectivity index (χ3v) is 4.71. The van der Waals surface area contributed by atoms with E-state index < -0.39 is 5.60 Å². The number of hydrogen-bond acceptors (Lipinski definition) is 5. The van der Waals surface area contributed by atoms with Crippen molar-refractivity contribution in [1.29, 1.82) is 0 Å². The topological polar surface area (TPSA) is 68.3 Å². The summed E-state index contributed by atoms with van der Waals surface area (Å²) in [5, 5.41) is 0. The van der Waals surface area contributed by atoms with Crippen LogP contribution in [0.2, 0.25) is 0 Å². The fourth-order valence-electron chi connectivity index (χ4n) is 3.20. The highest BCUT2D eigenvalue weighted by Crippen LogP contribution is 2.35. The minimum atomic E-state index is -0.537. The third kappa shape index (κ3) is 4.40. The zero-order valence-electron chi connectivity index (χ0n) is 17.2. The molecular formula is C21H28N2O5. The first-order valence-corrected chi connectivity index (χ1v) is 9.52. The summed E-state index contributed by atoms with van der Waals surface area (Å²) in [6, 6.07) is 5.46. The van der Waals surface area contributed by atoms with Gasteiger partial charge in [0.05, 0.1) is 13.7 Å². The lowest BCUT2D eigenvalue weighted by molar-refractivity contribution is -0.119. The number of anilines is 1. The molecule has 1 aromatic carbocycles. The zero-order valence-corrected chi connectivity index (χ0v) is 17.2. The van der Waals surface area contributed by atoms with Crippen molar-refractivity contribution in [3.8, 4) is 11.5 Å². The van der Waals surface area contributed by atoms with Gasteiger partial charge in [-0.3, -0.25) is 9.69 Å². The maximum Gasteiger partial charge on any atom is 0.410 e.